The second kappa shape index (κ2) is 6.06. The Hall–Kier alpha value is -1.55. The average Bonchev–Trinajstić information content (AvgIpc) is 3.23. The Labute approximate surface area is 114 Å². The van der Waals surface area contributed by atoms with Crippen LogP contribution in [0.4, 0.5) is 5.69 Å². The molecule has 0 amide bonds. The Morgan fingerprint density at radius 2 is 2.11 bits per heavy atom. The van der Waals surface area contributed by atoms with Gasteiger partial charge >= 0.3 is 0 Å². The first kappa shape index (κ1) is 13.9. The summed E-state index contributed by atoms with van der Waals surface area (Å²) in [6.45, 7) is 3.04. The average molecular weight is 263 g/mol. The van der Waals surface area contributed by atoms with Crippen molar-refractivity contribution in [3.05, 3.63) is 23.8 Å². The topological polar surface area (TPSA) is 38.8 Å². The second-order valence-corrected chi connectivity index (χ2v) is 4.83. The molecular formula is C15H21NO3. The number of carbonyl (C=O) groups excluding carboxylic acids is 1. The fraction of sp³-hybridized carbons (Fsp3) is 0.533. The minimum Gasteiger partial charge on any atom is -0.496 e. The van der Waals surface area contributed by atoms with Crippen molar-refractivity contribution in [2.75, 3.05) is 32.3 Å². The molecule has 0 unspecified atom stereocenters. The molecular weight excluding hydrogens is 242 g/mol. The normalized spacial score (nSPS) is 14.3. The maximum Gasteiger partial charge on any atom is 0.165 e. The summed E-state index contributed by atoms with van der Waals surface area (Å²) in [5.74, 6) is 0.684. The van der Waals surface area contributed by atoms with Crippen LogP contribution in [0.2, 0.25) is 0 Å². The largest absolute Gasteiger partial charge is 0.496 e. The maximum absolute atomic E-state index is 11.9. The molecule has 1 saturated carbocycles. The van der Waals surface area contributed by atoms with Crippen molar-refractivity contribution in [1.82, 2.24) is 0 Å². The van der Waals surface area contributed by atoms with E-state index in [9.17, 15) is 4.79 Å². The number of ketones is 1. The van der Waals surface area contributed by atoms with Gasteiger partial charge in [-0.1, -0.05) is 6.07 Å². The first-order chi connectivity index (χ1) is 9.19. The highest BCUT2D eigenvalue weighted by molar-refractivity contribution is 6.02. The highest BCUT2D eigenvalue weighted by Gasteiger charge is 2.31. The van der Waals surface area contributed by atoms with Crippen LogP contribution in [-0.2, 0) is 4.74 Å². The summed E-state index contributed by atoms with van der Waals surface area (Å²) in [4.78, 5) is 14.2. The van der Waals surface area contributed by atoms with Gasteiger partial charge in [0.05, 0.1) is 25.0 Å². The Kier molecular flexibility index (Phi) is 4.43. The quantitative estimate of drug-likeness (QED) is 0.709. The Bertz CT molecular complexity index is 455. The molecule has 2 rings (SSSR count). The summed E-state index contributed by atoms with van der Waals surface area (Å²) < 4.78 is 10.5. The lowest BCUT2D eigenvalue weighted by atomic mass is 10.1. The minimum absolute atomic E-state index is 0.0375. The molecule has 0 aliphatic heterocycles. The van der Waals surface area contributed by atoms with Crippen molar-refractivity contribution in [3.8, 4) is 5.75 Å². The number of hydrogen-bond acceptors (Lipinski definition) is 4. The number of anilines is 1. The molecule has 4 nitrogen and oxygen atoms in total. The van der Waals surface area contributed by atoms with Crippen LogP contribution >= 0.6 is 0 Å². The predicted molar refractivity (Wildman–Crippen MR) is 75.2 cm³/mol. The maximum atomic E-state index is 11.9. The molecule has 0 radical (unpaired) electrons. The van der Waals surface area contributed by atoms with E-state index in [1.54, 1.807) is 21.1 Å². The van der Waals surface area contributed by atoms with E-state index in [0.717, 1.165) is 12.2 Å². The molecule has 0 saturated heterocycles. The van der Waals surface area contributed by atoms with Gasteiger partial charge in [-0.2, -0.15) is 0 Å². The van der Waals surface area contributed by atoms with E-state index in [2.05, 4.69) is 4.90 Å². The SMILES string of the molecule is COCCN(c1cccc(OC)c1C(C)=O)C1CC1. The monoisotopic (exact) mass is 263 g/mol. The van der Waals surface area contributed by atoms with E-state index in [1.807, 2.05) is 18.2 Å². The highest BCUT2D eigenvalue weighted by Crippen LogP contribution is 2.36. The number of carbonyl (C=O) groups is 1. The molecule has 4 heteroatoms. The number of ether oxygens (including phenoxy) is 2. The standard InChI is InChI=1S/C15H21NO3/c1-11(17)15-13(5-4-6-14(15)19-3)16(9-10-18-2)12-7-8-12/h4-6,12H,7-10H2,1-3H3. The summed E-state index contributed by atoms with van der Waals surface area (Å²) in [5, 5.41) is 0. The Morgan fingerprint density at radius 3 is 2.63 bits per heavy atom. The molecule has 1 aromatic carbocycles. The molecule has 19 heavy (non-hydrogen) atoms. The molecule has 1 aliphatic rings. The lowest BCUT2D eigenvalue weighted by Crippen LogP contribution is -2.30. The van der Waals surface area contributed by atoms with E-state index in [0.29, 0.717) is 24.0 Å². The van der Waals surface area contributed by atoms with Gasteiger partial charge in [0, 0.05) is 19.7 Å². The summed E-state index contributed by atoms with van der Waals surface area (Å²) in [6.07, 6.45) is 2.36. The molecule has 1 aromatic rings. The van der Waals surface area contributed by atoms with E-state index >= 15 is 0 Å². The summed E-state index contributed by atoms with van der Waals surface area (Å²) in [7, 11) is 3.30. The lowest BCUT2D eigenvalue weighted by Gasteiger charge is -2.27. The van der Waals surface area contributed by atoms with Gasteiger partial charge in [-0.25, -0.2) is 0 Å². The highest BCUT2D eigenvalue weighted by atomic mass is 16.5. The molecule has 0 aromatic heterocycles. The van der Waals surface area contributed by atoms with Crippen molar-refractivity contribution in [3.63, 3.8) is 0 Å². The number of hydrogen-bond donors (Lipinski definition) is 0. The van der Waals surface area contributed by atoms with Gasteiger partial charge in [0.1, 0.15) is 5.75 Å². The third-order valence-corrected chi connectivity index (χ3v) is 3.41. The molecule has 0 atom stereocenters. The van der Waals surface area contributed by atoms with Gasteiger partial charge in [0.2, 0.25) is 0 Å². The van der Waals surface area contributed by atoms with Gasteiger partial charge in [0.25, 0.3) is 0 Å². The van der Waals surface area contributed by atoms with Gasteiger partial charge < -0.3 is 14.4 Å². The predicted octanol–water partition coefficient (Wildman–Crippen LogP) is 2.51. The van der Waals surface area contributed by atoms with Crippen molar-refractivity contribution in [2.24, 2.45) is 0 Å². The smallest absolute Gasteiger partial charge is 0.165 e. The minimum atomic E-state index is 0.0375. The van der Waals surface area contributed by atoms with Crippen LogP contribution in [-0.4, -0.2) is 39.2 Å². The molecule has 0 N–H and O–H groups in total. The van der Waals surface area contributed by atoms with Crippen LogP contribution in [0.15, 0.2) is 18.2 Å². The fourth-order valence-corrected chi connectivity index (χ4v) is 2.36. The number of Topliss-reactive ketones (excluding diaryl/α,β-unsaturated/α-hetero) is 1. The number of methoxy groups -OCH3 is 2. The van der Waals surface area contributed by atoms with Gasteiger partial charge in [-0.3, -0.25) is 4.79 Å². The molecule has 104 valence electrons. The lowest BCUT2D eigenvalue weighted by molar-refractivity contribution is 0.101. The first-order valence-corrected chi connectivity index (χ1v) is 6.62. The zero-order valence-electron chi connectivity index (χ0n) is 11.8. The zero-order chi connectivity index (χ0) is 13.8. The van der Waals surface area contributed by atoms with E-state index in [4.69, 9.17) is 9.47 Å². The Morgan fingerprint density at radius 1 is 1.37 bits per heavy atom. The Balaban J connectivity index is 2.37. The van der Waals surface area contributed by atoms with E-state index in [-0.39, 0.29) is 5.78 Å². The summed E-state index contributed by atoms with van der Waals surface area (Å²) in [5.41, 5.74) is 1.64. The molecule has 0 bridgehead atoms. The van der Waals surface area contributed by atoms with Gasteiger partial charge in [-0.05, 0) is 31.9 Å². The van der Waals surface area contributed by atoms with Crippen LogP contribution in [0.3, 0.4) is 0 Å². The van der Waals surface area contributed by atoms with Crippen LogP contribution in [0.5, 0.6) is 5.75 Å². The van der Waals surface area contributed by atoms with Crippen LogP contribution in [0.1, 0.15) is 30.1 Å². The zero-order valence-corrected chi connectivity index (χ0v) is 11.8. The molecule has 1 aliphatic carbocycles. The third-order valence-electron chi connectivity index (χ3n) is 3.41. The molecule has 0 heterocycles. The second-order valence-electron chi connectivity index (χ2n) is 4.83. The van der Waals surface area contributed by atoms with Crippen molar-refractivity contribution < 1.29 is 14.3 Å². The third kappa shape index (κ3) is 3.07. The fourth-order valence-electron chi connectivity index (χ4n) is 2.36. The number of benzene rings is 1. The van der Waals surface area contributed by atoms with Crippen molar-refractivity contribution in [2.45, 2.75) is 25.8 Å². The van der Waals surface area contributed by atoms with Crippen LogP contribution < -0.4 is 9.64 Å². The van der Waals surface area contributed by atoms with Crippen molar-refractivity contribution >= 4 is 11.5 Å². The summed E-state index contributed by atoms with van der Waals surface area (Å²) >= 11 is 0. The van der Waals surface area contributed by atoms with E-state index in [1.165, 1.54) is 12.8 Å². The van der Waals surface area contributed by atoms with Crippen LogP contribution in [0.25, 0.3) is 0 Å². The van der Waals surface area contributed by atoms with E-state index < -0.39 is 0 Å². The molecule has 0 spiro atoms. The van der Waals surface area contributed by atoms with Gasteiger partial charge in [0.15, 0.2) is 5.78 Å². The van der Waals surface area contributed by atoms with Gasteiger partial charge in [-0.15, -0.1) is 0 Å². The molecule has 1 fully saturated rings. The van der Waals surface area contributed by atoms with Crippen molar-refractivity contribution in [1.29, 1.82) is 0 Å². The first-order valence-electron chi connectivity index (χ1n) is 6.62. The van der Waals surface area contributed by atoms with Crippen LogP contribution in [0, 0.1) is 0 Å². The number of rotatable bonds is 7. The summed E-state index contributed by atoms with van der Waals surface area (Å²) in [6, 6.07) is 6.29. The number of nitrogens with zero attached hydrogens (tertiary/aromatic N) is 1.